The van der Waals surface area contributed by atoms with Gasteiger partial charge in [0.25, 0.3) is 0 Å². The predicted octanol–water partition coefficient (Wildman–Crippen LogP) is 1.47. The Labute approximate surface area is 125 Å². The lowest BCUT2D eigenvalue weighted by atomic mass is 10.2. The minimum absolute atomic E-state index is 0.0641. The Balaban J connectivity index is 2.07. The van der Waals surface area contributed by atoms with E-state index in [9.17, 15) is 18.0 Å². The summed E-state index contributed by atoms with van der Waals surface area (Å²) in [6, 6.07) is 2.65. The summed E-state index contributed by atoms with van der Waals surface area (Å²) in [7, 11) is -3.28. The van der Waals surface area contributed by atoms with E-state index in [1.807, 2.05) is 0 Å². The molecule has 0 aliphatic carbocycles. The molecule has 2 rings (SSSR count). The lowest BCUT2D eigenvalue weighted by molar-refractivity contribution is 0.0698. The van der Waals surface area contributed by atoms with Crippen LogP contribution < -0.4 is 10.6 Å². The Morgan fingerprint density at radius 3 is 2.62 bits per heavy atom. The van der Waals surface area contributed by atoms with Crippen LogP contribution >= 0.6 is 11.6 Å². The molecule has 1 aromatic carbocycles. The van der Waals surface area contributed by atoms with Crippen LogP contribution in [-0.4, -0.2) is 37.3 Å². The molecule has 2 amide bonds. The zero-order chi connectivity index (χ0) is 15.6. The molecule has 0 fully saturated rings. The highest BCUT2D eigenvalue weighted by Crippen LogP contribution is 2.20. The molecule has 9 heteroatoms. The molecule has 1 atom stereocenters. The molecule has 21 heavy (non-hydrogen) atoms. The van der Waals surface area contributed by atoms with Crippen LogP contribution in [0.15, 0.2) is 29.7 Å². The molecule has 0 saturated heterocycles. The minimum Gasteiger partial charge on any atom is -0.478 e. The van der Waals surface area contributed by atoms with Gasteiger partial charge in [0.1, 0.15) is 0 Å². The second-order valence-electron chi connectivity index (χ2n) is 4.36. The SMILES string of the molecule is O=C(Nc1ccc(Cl)cc1C(=O)O)NC1C=CS(=O)(=O)C1. The molecule has 3 N–H and O–H groups in total. The number of carbonyl (C=O) groups is 2. The Morgan fingerprint density at radius 2 is 2.05 bits per heavy atom. The summed E-state index contributed by atoms with van der Waals surface area (Å²) in [5, 5.41) is 15.1. The molecule has 1 aromatic rings. The third-order valence-electron chi connectivity index (χ3n) is 2.71. The van der Waals surface area contributed by atoms with Gasteiger partial charge >= 0.3 is 12.0 Å². The first-order chi connectivity index (χ1) is 9.77. The van der Waals surface area contributed by atoms with Crippen molar-refractivity contribution in [3.63, 3.8) is 0 Å². The number of carboxylic acids is 1. The van der Waals surface area contributed by atoms with Crippen LogP contribution in [0.2, 0.25) is 5.02 Å². The van der Waals surface area contributed by atoms with Gasteiger partial charge in [0, 0.05) is 10.4 Å². The number of amides is 2. The second-order valence-corrected chi connectivity index (χ2v) is 6.73. The zero-order valence-electron chi connectivity index (χ0n) is 10.5. The molecule has 0 bridgehead atoms. The van der Waals surface area contributed by atoms with Gasteiger partial charge in [-0.1, -0.05) is 11.6 Å². The third-order valence-corrected chi connectivity index (χ3v) is 4.34. The van der Waals surface area contributed by atoms with Crippen LogP contribution in [0.3, 0.4) is 0 Å². The van der Waals surface area contributed by atoms with Gasteiger partial charge in [-0.2, -0.15) is 0 Å². The van der Waals surface area contributed by atoms with Gasteiger partial charge in [-0.05, 0) is 24.3 Å². The van der Waals surface area contributed by atoms with Gasteiger partial charge in [-0.15, -0.1) is 0 Å². The average Bonchev–Trinajstić information content (AvgIpc) is 2.70. The van der Waals surface area contributed by atoms with E-state index in [4.69, 9.17) is 16.7 Å². The monoisotopic (exact) mass is 330 g/mol. The molecular weight excluding hydrogens is 320 g/mol. The highest BCUT2D eigenvalue weighted by Gasteiger charge is 2.23. The van der Waals surface area contributed by atoms with Crippen molar-refractivity contribution in [2.24, 2.45) is 0 Å². The molecule has 0 aromatic heterocycles. The van der Waals surface area contributed by atoms with E-state index < -0.39 is 27.9 Å². The molecule has 0 spiro atoms. The van der Waals surface area contributed by atoms with E-state index in [-0.39, 0.29) is 22.0 Å². The summed E-state index contributed by atoms with van der Waals surface area (Å²) in [6.07, 6.45) is 1.36. The maximum atomic E-state index is 11.8. The number of urea groups is 1. The van der Waals surface area contributed by atoms with Gasteiger partial charge in [0.05, 0.1) is 23.0 Å². The van der Waals surface area contributed by atoms with Crippen molar-refractivity contribution in [2.75, 3.05) is 11.1 Å². The van der Waals surface area contributed by atoms with Gasteiger partial charge in [0.15, 0.2) is 9.84 Å². The lowest BCUT2D eigenvalue weighted by Crippen LogP contribution is -2.38. The third kappa shape index (κ3) is 3.96. The van der Waals surface area contributed by atoms with Crippen molar-refractivity contribution in [1.29, 1.82) is 0 Å². The quantitative estimate of drug-likeness (QED) is 0.776. The topological polar surface area (TPSA) is 113 Å². The van der Waals surface area contributed by atoms with E-state index in [1.165, 1.54) is 24.3 Å². The van der Waals surface area contributed by atoms with Crippen molar-refractivity contribution in [1.82, 2.24) is 5.32 Å². The number of carboxylic acid groups (broad SMARTS) is 1. The predicted molar refractivity (Wildman–Crippen MR) is 77.3 cm³/mol. The Bertz CT molecular complexity index is 729. The number of aromatic carboxylic acids is 1. The smallest absolute Gasteiger partial charge is 0.337 e. The maximum Gasteiger partial charge on any atom is 0.337 e. The summed E-state index contributed by atoms with van der Waals surface area (Å²) >= 11 is 5.70. The van der Waals surface area contributed by atoms with Gasteiger partial charge in [-0.3, -0.25) is 0 Å². The summed E-state index contributed by atoms with van der Waals surface area (Å²) in [4.78, 5) is 22.8. The van der Waals surface area contributed by atoms with E-state index in [0.29, 0.717) is 0 Å². The summed E-state index contributed by atoms with van der Waals surface area (Å²) < 4.78 is 22.4. The number of hydrogen-bond acceptors (Lipinski definition) is 4. The summed E-state index contributed by atoms with van der Waals surface area (Å²) in [5.74, 6) is -1.46. The first-order valence-electron chi connectivity index (χ1n) is 5.78. The number of halogens is 1. The Hall–Kier alpha value is -2.06. The van der Waals surface area contributed by atoms with E-state index in [1.54, 1.807) is 0 Å². The Morgan fingerprint density at radius 1 is 1.33 bits per heavy atom. The molecule has 112 valence electrons. The average molecular weight is 331 g/mol. The van der Waals surface area contributed by atoms with Crippen molar-refractivity contribution in [2.45, 2.75) is 6.04 Å². The fourth-order valence-electron chi connectivity index (χ4n) is 1.79. The summed E-state index contributed by atoms with van der Waals surface area (Å²) in [5.41, 5.74) is -0.0959. The minimum atomic E-state index is -3.28. The molecule has 1 aliphatic heterocycles. The largest absolute Gasteiger partial charge is 0.478 e. The number of nitrogens with one attached hydrogen (secondary N) is 2. The molecule has 0 saturated carbocycles. The van der Waals surface area contributed by atoms with Crippen LogP contribution in [0.4, 0.5) is 10.5 Å². The molecule has 7 nitrogen and oxygen atoms in total. The standard InChI is InChI=1S/C12H11ClN2O5S/c13-7-1-2-10(9(5-7)11(16)17)15-12(18)14-8-3-4-21(19,20)6-8/h1-5,8H,6H2,(H,16,17)(H2,14,15,18). The first kappa shape index (κ1) is 15.3. The van der Waals surface area contributed by atoms with E-state index in [2.05, 4.69) is 10.6 Å². The van der Waals surface area contributed by atoms with Crippen LogP contribution in [-0.2, 0) is 9.84 Å². The number of anilines is 1. The highest BCUT2D eigenvalue weighted by molar-refractivity contribution is 7.94. The molecule has 0 radical (unpaired) electrons. The summed E-state index contributed by atoms with van der Waals surface area (Å²) in [6.45, 7) is 0. The molecular formula is C12H11ClN2O5S. The van der Waals surface area contributed by atoms with Crippen LogP contribution in [0.1, 0.15) is 10.4 Å². The number of sulfone groups is 1. The number of benzene rings is 1. The maximum absolute atomic E-state index is 11.8. The van der Waals surface area contributed by atoms with Gasteiger partial charge < -0.3 is 15.7 Å². The Kier molecular flexibility index (Phi) is 4.19. The van der Waals surface area contributed by atoms with Crippen molar-refractivity contribution < 1.29 is 23.1 Å². The second kappa shape index (κ2) is 5.74. The van der Waals surface area contributed by atoms with E-state index in [0.717, 1.165) is 5.41 Å². The van der Waals surface area contributed by atoms with Crippen molar-refractivity contribution in [3.05, 3.63) is 40.3 Å². The first-order valence-corrected chi connectivity index (χ1v) is 7.87. The van der Waals surface area contributed by atoms with Crippen molar-refractivity contribution in [3.8, 4) is 0 Å². The van der Waals surface area contributed by atoms with Crippen LogP contribution in [0, 0.1) is 0 Å². The number of carbonyl (C=O) groups excluding carboxylic acids is 1. The van der Waals surface area contributed by atoms with Gasteiger partial charge in [-0.25, -0.2) is 18.0 Å². The fraction of sp³-hybridized carbons (Fsp3) is 0.167. The van der Waals surface area contributed by atoms with Crippen LogP contribution in [0.5, 0.6) is 0 Å². The molecule has 1 aliphatic rings. The molecule has 1 heterocycles. The zero-order valence-corrected chi connectivity index (χ0v) is 12.1. The fourth-order valence-corrected chi connectivity index (χ4v) is 3.20. The highest BCUT2D eigenvalue weighted by atomic mass is 35.5. The van der Waals surface area contributed by atoms with Crippen LogP contribution in [0.25, 0.3) is 0 Å². The molecule has 1 unspecified atom stereocenters. The number of hydrogen-bond donors (Lipinski definition) is 3. The van der Waals surface area contributed by atoms with Gasteiger partial charge in [0.2, 0.25) is 0 Å². The van der Waals surface area contributed by atoms with Crippen molar-refractivity contribution >= 4 is 39.1 Å². The normalized spacial score (nSPS) is 19.2. The van der Waals surface area contributed by atoms with E-state index >= 15 is 0 Å². The lowest BCUT2D eigenvalue weighted by Gasteiger charge is -2.13. The number of rotatable bonds is 3.